The molecule has 5 aromatic rings. The average Bonchev–Trinajstić information content (AvgIpc) is 3.36. The summed E-state index contributed by atoms with van der Waals surface area (Å²) in [6, 6.07) is 24.5. The third kappa shape index (κ3) is 5.93. The van der Waals surface area contributed by atoms with Crippen LogP contribution in [-0.2, 0) is 17.9 Å². The van der Waals surface area contributed by atoms with Crippen molar-refractivity contribution in [3.63, 3.8) is 0 Å². The van der Waals surface area contributed by atoms with E-state index in [1.165, 1.54) is 12.1 Å². The molecule has 1 N–H and O–H groups in total. The average molecular weight is 551 g/mol. The number of aromatic nitrogens is 3. The number of hydrogen-bond acceptors (Lipinski definition) is 6. The maximum atomic E-state index is 14.2. The second-order valence-corrected chi connectivity index (χ2v) is 9.53. The summed E-state index contributed by atoms with van der Waals surface area (Å²) in [5.74, 6) is -0.386. The van der Waals surface area contributed by atoms with Crippen molar-refractivity contribution in [2.45, 2.75) is 26.0 Å². The van der Waals surface area contributed by atoms with Crippen LogP contribution < -0.4 is 4.74 Å². The van der Waals surface area contributed by atoms with Gasteiger partial charge in [0.05, 0.1) is 40.5 Å². The topological polar surface area (TPSA) is 110 Å². The number of carboxylic acids is 1. The molecule has 2 aromatic heterocycles. The normalized spacial score (nSPS) is 11.8. The van der Waals surface area contributed by atoms with Crippen molar-refractivity contribution in [3.8, 4) is 23.2 Å². The molecule has 206 valence electrons. The molecule has 0 aliphatic heterocycles. The van der Waals surface area contributed by atoms with Crippen molar-refractivity contribution in [2.24, 2.45) is 0 Å². The van der Waals surface area contributed by atoms with E-state index in [-0.39, 0.29) is 23.7 Å². The molecule has 0 spiro atoms. The summed E-state index contributed by atoms with van der Waals surface area (Å²) in [7, 11) is 1.63. The molecule has 41 heavy (non-hydrogen) atoms. The molecule has 0 unspecified atom stereocenters. The number of imidazole rings is 1. The third-order valence-corrected chi connectivity index (χ3v) is 6.92. The molecule has 0 aliphatic carbocycles. The lowest BCUT2D eigenvalue weighted by Gasteiger charge is -2.16. The highest BCUT2D eigenvalue weighted by Crippen LogP contribution is 2.30. The van der Waals surface area contributed by atoms with Crippen molar-refractivity contribution in [3.05, 3.63) is 113 Å². The van der Waals surface area contributed by atoms with Gasteiger partial charge in [-0.05, 0) is 42.0 Å². The number of ether oxygens (including phenoxy) is 2. The van der Waals surface area contributed by atoms with Crippen molar-refractivity contribution in [1.82, 2.24) is 14.5 Å². The van der Waals surface area contributed by atoms with Gasteiger partial charge >= 0.3 is 5.97 Å². The van der Waals surface area contributed by atoms with Crippen LogP contribution in [0.4, 0.5) is 4.39 Å². The molecule has 0 saturated carbocycles. The minimum Gasteiger partial charge on any atom is -0.478 e. The molecule has 2 heterocycles. The third-order valence-electron chi connectivity index (χ3n) is 6.92. The summed E-state index contributed by atoms with van der Waals surface area (Å²) in [6.45, 7) is 3.05. The number of halogens is 1. The van der Waals surface area contributed by atoms with Crippen molar-refractivity contribution < 1.29 is 23.8 Å². The first-order valence-corrected chi connectivity index (χ1v) is 13.0. The van der Waals surface area contributed by atoms with Gasteiger partial charge in [0.15, 0.2) is 0 Å². The first kappa shape index (κ1) is 27.5. The summed E-state index contributed by atoms with van der Waals surface area (Å²) in [6.07, 6.45) is 0. The molecule has 0 fully saturated rings. The number of hydrogen-bond donors (Lipinski definition) is 1. The summed E-state index contributed by atoms with van der Waals surface area (Å²) in [5, 5.41) is 18.4. The molecule has 3 aromatic carbocycles. The smallest absolute Gasteiger partial charge is 0.335 e. The second-order valence-electron chi connectivity index (χ2n) is 9.53. The quantitative estimate of drug-likeness (QED) is 0.221. The predicted molar refractivity (Wildman–Crippen MR) is 151 cm³/mol. The predicted octanol–water partition coefficient (Wildman–Crippen LogP) is 6.18. The Morgan fingerprint density at radius 2 is 1.88 bits per heavy atom. The van der Waals surface area contributed by atoms with Crippen LogP contribution in [0.3, 0.4) is 0 Å². The van der Waals surface area contributed by atoms with Crippen LogP contribution >= 0.6 is 0 Å². The number of methoxy groups -OCH3 is 1. The maximum Gasteiger partial charge on any atom is 0.335 e. The number of benzene rings is 3. The number of rotatable bonds is 10. The van der Waals surface area contributed by atoms with Crippen LogP contribution in [0.25, 0.3) is 22.3 Å². The van der Waals surface area contributed by atoms with E-state index in [0.29, 0.717) is 30.3 Å². The Labute approximate surface area is 236 Å². The van der Waals surface area contributed by atoms with E-state index in [1.807, 2.05) is 47.0 Å². The molecule has 0 bridgehead atoms. The fraction of sp³-hybridized carbons (Fsp3) is 0.188. The highest BCUT2D eigenvalue weighted by molar-refractivity contribution is 5.92. The van der Waals surface area contributed by atoms with Gasteiger partial charge in [-0.15, -0.1) is 0 Å². The first-order chi connectivity index (χ1) is 19.9. The molecule has 9 heteroatoms. The Hall–Kier alpha value is -5.07. The van der Waals surface area contributed by atoms with E-state index >= 15 is 0 Å². The van der Waals surface area contributed by atoms with E-state index < -0.39 is 11.8 Å². The van der Waals surface area contributed by atoms with Crippen LogP contribution in [0.2, 0.25) is 0 Å². The highest BCUT2D eigenvalue weighted by atomic mass is 19.1. The van der Waals surface area contributed by atoms with Gasteiger partial charge in [-0.2, -0.15) is 5.26 Å². The second kappa shape index (κ2) is 12.0. The zero-order valence-electron chi connectivity index (χ0n) is 22.5. The zero-order chi connectivity index (χ0) is 28.9. The zero-order valence-corrected chi connectivity index (χ0v) is 22.5. The lowest BCUT2D eigenvalue weighted by atomic mass is 9.98. The fourth-order valence-electron chi connectivity index (χ4n) is 4.66. The largest absolute Gasteiger partial charge is 0.478 e. The van der Waals surface area contributed by atoms with Crippen LogP contribution in [0.5, 0.6) is 5.88 Å². The number of carbonyl (C=O) groups is 1. The van der Waals surface area contributed by atoms with E-state index in [2.05, 4.69) is 11.9 Å². The first-order valence-electron chi connectivity index (χ1n) is 13.0. The van der Waals surface area contributed by atoms with E-state index in [0.717, 1.165) is 28.0 Å². The van der Waals surface area contributed by atoms with Gasteiger partial charge in [0.25, 0.3) is 0 Å². The minimum atomic E-state index is -0.985. The molecule has 5 rings (SSSR count). The van der Waals surface area contributed by atoms with Gasteiger partial charge in [-0.1, -0.05) is 43.3 Å². The Bertz CT molecular complexity index is 1760. The maximum absolute atomic E-state index is 14.2. The molecular formula is C32H27FN4O4. The van der Waals surface area contributed by atoms with Crippen LogP contribution in [0.1, 0.15) is 45.7 Å². The Balaban J connectivity index is 1.36. The Kier molecular flexibility index (Phi) is 8.04. The van der Waals surface area contributed by atoms with Gasteiger partial charge in [-0.3, -0.25) is 0 Å². The van der Waals surface area contributed by atoms with Crippen molar-refractivity contribution in [1.29, 1.82) is 5.26 Å². The Morgan fingerprint density at radius 3 is 2.59 bits per heavy atom. The van der Waals surface area contributed by atoms with Gasteiger partial charge in [0.2, 0.25) is 5.88 Å². The summed E-state index contributed by atoms with van der Waals surface area (Å²) < 4.78 is 27.3. The number of pyridine rings is 1. The standard InChI is InChI=1S/C32H27FN4O4/c1-20(31-36-28-13-12-24(32(38)39)17-29(28)37(31)14-15-40-2)22-8-10-23(11-9-22)27-4-3-5-30(35-27)41-19-25-7-6-21(18-34)16-26(25)33/h3-13,16-17,20H,14-15,19H2,1-2H3,(H,38,39)/t20-/m1/s1. The van der Waals surface area contributed by atoms with Crippen LogP contribution in [0, 0.1) is 17.1 Å². The number of aromatic carboxylic acids is 1. The highest BCUT2D eigenvalue weighted by Gasteiger charge is 2.20. The molecule has 0 amide bonds. The van der Waals surface area contributed by atoms with Crippen LogP contribution in [-0.4, -0.2) is 39.3 Å². The Morgan fingerprint density at radius 1 is 1.07 bits per heavy atom. The van der Waals surface area contributed by atoms with E-state index in [4.69, 9.17) is 19.7 Å². The van der Waals surface area contributed by atoms with Gasteiger partial charge < -0.3 is 19.1 Å². The fourth-order valence-corrected chi connectivity index (χ4v) is 4.66. The van der Waals surface area contributed by atoms with Crippen molar-refractivity contribution >= 4 is 17.0 Å². The molecule has 1 atom stereocenters. The molecule has 0 saturated heterocycles. The summed E-state index contributed by atoms with van der Waals surface area (Å²) in [5.41, 5.74) is 4.90. The lowest BCUT2D eigenvalue weighted by Crippen LogP contribution is -2.11. The minimum absolute atomic E-state index is 0.0114. The van der Waals surface area contributed by atoms with Gasteiger partial charge in [-0.25, -0.2) is 19.2 Å². The molecule has 8 nitrogen and oxygen atoms in total. The van der Waals surface area contributed by atoms with Crippen molar-refractivity contribution in [2.75, 3.05) is 13.7 Å². The van der Waals surface area contributed by atoms with E-state index in [1.54, 1.807) is 37.4 Å². The lowest BCUT2D eigenvalue weighted by molar-refractivity contribution is 0.0697. The summed E-state index contributed by atoms with van der Waals surface area (Å²) in [4.78, 5) is 21.0. The number of nitriles is 1. The van der Waals surface area contributed by atoms with Crippen LogP contribution in [0.15, 0.2) is 78.9 Å². The van der Waals surface area contributed by atoms with Gasteiger partial charge in [0.1, 0.15) is 18.2 Å². The number of nitrogens with zero attached hydrogens (tertiary/aromatic N) is 4. The molecule has 0 radical (unpaired) electrons. The van der Waals surface area contributed by atoms with Gasteiger partial charge in [0, 0.05) is 36.8 Å². The SMILES string of the molecule is COCCn1c([C@H](C)c2ccc(-c3cccc(OCc4ccc(C#N)cc4F)n3)cc2)nc2ccc(C(=O)O)cc21. The number of carboxylic acid groups (broad SMARTS) is 1. The summed E-state index contributed by atoms with van der Waals surface area (Å²) >= 11 is 0. The molecular weight excluding hydrogens is 523 g/mol. The monoisotopic (exact) mass is 550 g/mol. The molecule has 0 aliphatic rings. The van der Waals surface area contributed by atoms with E-state index in [9.17, 15) is 14.3 Å². The number of fused-ring (bicyclic) bond motifs is 1.